The molecule has 1 rings (SSSR count). The van der Waals surface area contributed by atoms with Crippen molar-refractivity contribution < 1.29 is 18.3 Å². The molecule has 3 N–H and O–H groups in total. The van der Waals surface area contributed by atoms with Crippen LogP contribution in [-0.2, 0) is 10.0 Å². The molecule has 1 aromatic carbocycles. The van der Waals surface area contributed by atoms with Gasteiger partial charge in [0.1, 0.15) is 0 Å². The number of aryl methyl sites for hydroxylation is 1. The van der Waals surface area contributed by atoms with E-state index in [4.69, 9.17) is 5.11 Å². The summed E-state index contributed by atoms with van der Waals surface area (Å²) in [5.74, 6) is -0.408. The third kappa shape index (κ3) is 3.28. The van der Waals surface area contributed by atoms with Crippen LogP contribution >= 0.6 is 0 Å². The fourth-order valence-electron chi connectivity index (χ4n) is 1.40. The van der Waals surface area contributed by atoms with Crippen molar-refractivity contribution in [2.24, 2.45) is 0 Å². The van der Waals surface area contributed by atoms with Crippen LogP contribution in [0.5, 0.6) is 0 Å². The second-order valence-corrected chi connectivity index (χ2v) is 5.55. The van der Waals surface area contributed by atoms with Gasteiger partial charge >= 0.3 is 0 Å². The average molecular weight is 272 g/mol. The van der Waals surface area contributed by atoms with Gasteiger partial charge in [0.15, 0.2) is 0 Å². The minimum Gasteiger partial charge on any atom is -0.395 e. The van der Waals surface area contributed by atoms with Crippen molar-refractivity contribution in [3.8, 4) is 0 Å². The van der Waals surface area contributed by atoms with Crippen molar-refractivity contribution in [2.45, 2.75) is 11.8 Å². The smallest absolute Gasteiger partial charge is 0.251 e. The molecule has 0 bridgehead atoms. The van der Waals surface area contributed by atoms with Gasteiger partial charge in [-0.15, -0.1) is 0 Å². The standard InChI is InChI=1S/C11H16N2O4S/c1-8-3-4-9(18(16,17)12-2)7-10(8)11(15)13-5-6-14/h3-4,7,12,14H,5-6H2,1-2H3,(H,13,15). The van der Waals surface area contributed by atoms with Crippen LogP contribution in [0.15, 0.2) is 23.1 Å². The Morgan fingerprint density at radius 1 is 1.39 bits per heavy atom. The Kier molecular flexibility index (Phi) is 4.83. The van der Waals surface area contributed by atoms with E-state index in [1.54, 1.807) is 13.0 Å². The summed E-state index contributed by atoms with van der Waals surface area (Å²) in [6.45, 7) is 1.67. The third-order valence-corrected chi connectivity index (χ3v) is 3.84. The molecule has 18 heavy (non-hydrogen) atoms. The van der Waals surface area contributed by atoms with E-state index >= 15 is 0 Å². The van der Waals surface area contributed by atoms with Gasteiger partial charge in [0.05, 0.1) is 11.5 Å². The zero-order valence-electron chi connectivity index (χ0n) is 10.2. The van der Waals surface area contributed by atoms with Crippen LogP contribution in [0.25, 0.3) is 0 Å². The predicted octanol–water partition coefficient (Wildman–Crippen LogP) is -0.375. The highest BCUT2D eigenvalue weighted by atomic mass is 32.2. The first kappa shape index (κ1) is 14.6. The maximum atomic E-state index is 11.8. The molecule has 100 valence electrons. The molecule has 0 fully saturated rings. The average Bonchev–Trinajstić information content (AvgIpc) is 2.36. The molecular weight excluding hydrogens is 256 g/mol. The van der Waals surface area contributed by atoms with Gasteiger partial charge in [-0.2, -0.15) is 0 Å². The molecule has 7 heteroatoms. The summed E-state index contributed by atoms with van der Waals surface area (Å²) in [5.41, 5.74) is 0.945. The highest BCUT2D eigenvalue weighted by molar-refractivity contribution is 7.89. The lowest BCUT2D eigenvalue weighted by Crippen LogP contribution is -2.27. The molecule has 0 aromatic heterocycles. The number of amides is 1. The van der Waals surface area contributed by atoms with Crippen molar-refractivity contribution >= 4 is 15.9 Å². The van der Waals surface area contributed by atoms with Crippen LogP contribution in [-0.4, -0.2) is 39.6 Å². The van der Waals surface area contributed by atoms with E-state index in [0.29, 0.717) is 5.56 Å². The largest absolute Gasteiger partial charge is 0.395 e. The number of rotatable bonds is 5. The number of hydrogen-bond donors (Lipinski definition) is 3. The SMILES string of the molecule is CNS(=O)(=O)c1ccc(C)c(C(=O)NCCO)c1. The van der Waals surface area contributed by atoms with E-state index in [9.17, 15) is 13.2 Å². The number of carbonyl (C=O) groups is 1. The molecule has 0 aliphatic carbocycles. The van der Waals surface area contributed by atoms with E-state index in [0.717, 1.165) is 0 Å². The summed E-state index contributed by atoms with van der Waals surface area (Å²) in [4.78, 5) is 11.8. The number of benzene rings is 1. The lowest BCUT2D eigenvalue weighted by atomic mass is 10.1. The van der Waals surface area contributed by atoms with E-state index in [1.165, 1.54) is 19.2 Å². The number of sulfonamides is 1. The minimum atomic E-state index is -3.57. The van der Waals surface area contributed by atoms with Gasteiger partial charge in [0.25, 0.3) is 5.91 Å². The number of aliphatic hydroxyl groups is 1. The van der Waals surface area contributed by atoms with Crippen LogP contribution in [0.2, 0.25) is 0 Å². The molecule has 0 saturated carbocycles. The van der Waals surface area contributed by atoms with Crippen LogP contribution < -0.4 is 10.0 Å². The van der Waals surface area contributed by atoms with Gasteiger partial charge < -0.3 is 10.4 Å². The molecule has 0 unspecified atom stereocenters. The van der Waals surface area contributed by atoms with Gasteiger partial charge in [-0.25, -0.2) is 13.1 Å². The number of carbonyl (C=O) groups excluding carboxylic acids is 1. The van der Waals surface area contributed by atoms with Crippen LogP contribution in [0.4, 0.5) is 0 Å². The molecule has 0 radical (unpaired) electrons. The van der Waals surface area contributed by atoms with Crippen molar-refractivity contribution in [1.29, 1.82) is 0 Å². The number of hydrogen-bond acceptors (Lipinski definition) is 4. The Morgan fingerprint density at radius 3 is 2.61 bits per heavy atom. The van der Waals surface area contributed by atoms with E-state index < -0.39 is 15.9 Å². The summed E-state index contributed by atoms with van der Waals surface area (Å²) in [6, 6.07) is 4.32. The maximum Gasteiger partial charge on any atom is 0.251 e. The Hall–Kier alpha value is -1.44. The Labute approximate surface area is 106 Å². The minimum absolute atomic E-state index is 0.0322. The van der Waals surface area contributed by atoms with Gasteiger partial charge in [-0.05, 0) is 31.7 Å². The van der Waals surface area contributed by atoms with Crippen molar-refractivity contribution in [3.63, 3.8) is 0 Å². The molecule has 6 nitrogen and oxygen atoms in total. The summed E-state index contributed by atoms with van der Waals surface area (Å²) in [5, 5.41) is 11.1. The summed E-state index contributed by atoms with van der Waals surface area (Å²) < 4.78 is 25.4. The molecule has 1 aromatic rings. The molecule has 1 amide bonds. The normalized spacial score (nSPS) is 11.3. The first-order valence-corrected chi connectivity index (χ1v) is 6.84. The topological polar surface area (TPSA) is 95.5 Å². The summed E-state index contributed by atoms with van der Waals surface area (Å²) in [7, 11) is -2.26. The van der Waals surface area contributed by atoms with E-state index in [2.05, 4.69) is 10.0 Å². The van der Waals surface area contributed by atoms with Gasteiger partial charge in [-0.1, -0.05) is 6.07 Å². The lowest BCUT2D eigenvalue weighted by Gasteiger charge is -2.09. The van der Waals surface area contributed by atoms with E-state index in [1.807, 2.05) is 0 Å². The van der Waals surface area contributed by atoms with E-state index in [-0.39, 0.29) is 23.6 Å². The molecule has 0 aliphatic heterocycles. The summed E-state index contributed by atoms with van der Waals surface area (Å²) in [6.07, 6.45) is 0. The zero-order valence-corrected chi connectivity index (χ0v) is 11.0. The molecule has 0 saturated heterocycles. The fourth-order valence-corrected chi connectivity index (χ4v) is 2.15. The molecule has 0 heterocycles. The molecular formula is C11H16N2O4S. The first-order chi connectivity index (χ1) is 8.42. The molecule has 0 aliphatic rings. The Bertz CT molecular complexity index is 540. The van der Waals surface area contributed by atoms with Gasteiger partial charge in [0.2, 0.25) is 10.0 Å². The molecule has 0 spiro atoms. The quantitative estimate of drug-likeness (QED) is 0.681. The first-order valence-electron chi connectivity index (χ1n) is 5.35. The predicted molar refractivity (Wildman–Crippen MR) is 66.8 cm³/mol. The lowest BCUT2D eigenvalue weighted by molar-refractivity contribution is 0.0944. The van der Waals surface area contributed by atoms with Gasteiger partial charge in [-0.3, -0.25) is 4.79 Å². The highest BCUT2D eigenvalue weighted by Gasteiger charge is 2.16. The maximum absolute atomic E-state index is 11.8. The second kappa shape index (κ2) is 5.94. The Balaban J connectivity index is 3.13. The monoisotopic (exact) mass is 272 g/mol. The van der Waals surface area contributed by atoms with Crippen molar-refractivity contribution in [3.05, 3.63) is 29.3 Å². The van der Waals surface area contributed by atoms with Crippen LogP contribution in [0.3, 0.4) is 0 Å². The van der Waals surface area contributed by atoms with Crippen LogP contribution in [0.1, 0.15) is 15.9 Å². The zero-order chi connectivity index (χ0) is 13.8. The molecule has 0 atom stereocenters. The van der Waals surface area contributed by atoms with Crippen LogP contribution in [0, 0.1) is 6.92 Å². The van der Waals surface area contributed by atoms with Gasteiger partial charge in [0, 0.05) is 12.1 Å². The van der Waals surface area contributed by atoms with Crippen molar-refractivity contribution in [1.82, 2.24) is 10.0 Å². The third-order valence-electron chi connectivity index (χ3n) is 2.43. The second-order valence-electron chi connectivity index (χ2n) is 3.66. The summed E-state index contributed by atoms with van der Waals surface area (Å²) >= 11 is 0. The fraction of sp³-hybridized carbons (Fsp3) is 0.364. The van der Waals surface area contributed by atoms with Crippen molar-refractivity contribution in [2.75, 3.05) is 20.2 Å². The number of aliphatic hydroxyl groups excluding tert-OH is 1. The number of nitrogens with one attached hydrogen (secondary N) is 2. The Morgan fingerprint density at radius 2 is 2.06 bits per heavy atom. The highest BCUT2D eigenvalue weighted by Crippen LogP contribution is 2.15.